The summed E-state index contributed by atoms with van der Waals surface area (Å²) in [7, 11) is 0. The minimum absolute atomic E-state index is 0.0522. The lowest BCUT2D eigenvalue weighted by Crippen LogP contribution is -2.43. The summed E-state index contributed by atoms with van der Waals surface area (Å²) in [4.78, 5) is 24.7. The predicted molar refractivity (Wildman–Crippen MR) is 66.6 cm³/mol. The quantitative estimate of drug-likeness (QED) is 0.642. The van der Waals surface area contributed by atoms with E-state index in [2.05, 4.69) is 5.32 Å². The summed E-state index contributed by atoms with van der Waals surface area (Å²) in [6, 6.07) is 0.0904. The van der Waals surface area contributed by atoms with Crippen LogP contribution in [0.3, 0.4) is 0 Å². The third kappa shape index (κ3) is 7.74. The van der Waals surface area contributed by atoms with Gasteiger partial charge in [0.15, 0.2) is 0 Å². The third-order valence-electron chi connectivity index (χ3n) is 2.09. The number of nitrogens with zero attached hydrogens (tertiary/aromatic N) is 1. The van der Waals surface area contributed by atoms with Gasteiger partial charge in [0, 0.05) is 19.2 Å². The predicted octanol–water partition coefficient (Wildman–Crippen LogP) is 0.786. The number of likely N-dealkylation sites (N-methyl/N-ethyl adjacent to an activating group) is 1. The summed E-state index contributed by atoms with van der Waals surface area (Å²) in [5.74, 6) is -0.273. The maximum absolute atomic E-state index is 11.7. The molecular weight excluding hydrogens is 220 g/mol. The van der Waals surface area contributed by atoms with Crippen LogP contribution in [0.25, 0.3) is 0 Å². The summed E-state index contributed by atoms with van der Waals surface area (Å²) >= 11 is 0. The van der Waals surface area contributed by atoms with Crippen molar-refractivity contribution < 1.29 is 14.3 Å². The van der Waals surface area contributed by atoms with Crippen molar-refractivity contribution in [2.75, 3.05) is 26.3 Å². The Morgan fingerprint density at radius 2 is 1.94 bits per heavy atom. The van der Waals surface area contributed by atoms with Gasteiger partial charge in [-0.15, -0.1) is 0 Å². The van der Waals surface area contributed by atoms with Crippen molar-refractivity contribution >= 4 is 11.8 Å². The van der Waals surface area contributed by atoms with Crippen LogP contribution in [0.2, 0.25) is 0 Å². The van der Waals surface area contributed by atoms with Gasteiger partial charge in [-0.1, -0.05) is 6.92 Å². The van der Waals surface area contributed by atoms with E-state index in [1.165, 1.54) is 4.90 Å². The van der Waals surface area contributed by atoms with Gasteiger partial charge in [-0.05, 0) is 27.2 Å². The SMILES string of the molecule is CCCOCC(=O)N(CC)CC(=O)NC(C)C. The summed E-state index contributed by atoms with van der Waals surface area (Å²) in [6.07, 6.45) is 0.882. The maximum Gasteiger partial charge on any atom is 0.249 e. The molecule has 0 fully saturated rings. The van der Waals surface area contributed by atoms with Crippen LogP contribution in [0.1, 0.15) is 34.1 Å². The van der Waals surface area contributed by atoms with Gasteiger partial charge in [0.25, 0.3) is 0 Å². The molecule has 2 amide bonds. The Morgan fingerprint density at radius 3 is 2.41 bits per heavy atom. The monoisotopic (exact) mass is 244 g/mol. The average Bonchev–Trinajstić information content (AvgIpc) is 2.25. The largest absolute Gasteiger partial charge is 0.372 e. The zero-order valence-electron chi connectivity index (χ0n) is 11.3. The first-order chi connectivity index (χ1) is 8.01. The zero-order valence-corrected chi connectivity index (χ0v) is 11.3. The van der Waals surface area contributed by atoms with Gasteiger partial charge in [0.05, 0.1) is 6.54 Å². The third-order valence-corrected chi connectivity index (χ3v) is 2.09. The van der Waals surface area contributed by atoms with Crippen molar-refractivity contribution in [2.45, 2.75) is 40.2 Å². The normalized spacial score (nSPS) is 10.4. The Morgan fingerprint density at radius 1 is 1.29 bits per heavy atom. The van der Waals surface area contributed by atoms with Crippen LogP contribution >= 0.6 is 0 Å². The molecule has 5 heteroatoms. The van der Waals surface area contributed by atoms with Crippen molar-refractivity contribution in [1.29, 1.82) is 0 Å². The minimum Gasteiger partial charge on any atom is -0.372 e. The number of hydrogen-bond donors (Lipinski definition) is 1. The lowest BCUT2D eigenvalue weighted by Gasteiger charge is -2.21. The van der Waals surface area contributed by atoms with E-state index in [1.807, 2.05) is 27.7 Å². The smallest absolute Gasteiger partial charge is 0.249 e. The van der Waals surface area contributed by atoms with E-state index in [0.717, 1.165) is 6.42 Å². The van der Waals surface area contributed by atoms with Crippen molar-refractivity contribution in [3.8, 4) is 0 Å². The van der Waals surface area contributed by atoms with Crippen LogP contribution in [0, 0.1) is 0 Å². The van der Waals surface area contributed by atoms with Crippen molar-refractivity contribution in [1.82, 2.24) is 10.2 Å². The molecule has 0 unspecified atom stereocenters. The Labute approximate surface area is 103 Å². The first kappa shape index (κ1) is 15.9. The molecule has 0 aromatic heterocycles. The fraction of sp³-hybridized carbons (Fsp3) is 0.833. The van der Waals surface area contributed by atoms with Crippen molar-refractivity contribution in [3.63, 3.8) is 0 Å². The number of amides is 2. The van der Waals surface area contributed by atoms with E-state index in [1.54, 1.807) is 0 Å². The van der Waals surface area contributed by atoms with Gasteiger partial charge in [-0.2, -0.15) is 0 Å². The van der Waals surface area contributed by atoms with Crippen LogP contribution in [0.4, 0.5) is 0 Å². The van der Waals surface area contributed by atoms with E-state index in [-0.39, 0.29) is 31.0 Å². The molecule has 0 rings (SSSR count). The van der Waals surface area contributed by atoms with Crippen molar-refractivity contribution in [3.05, 3.63) is 0 Å². The molecule has 0 radical (unpaired) electrons. The molecule has 0 heterocycles. The second-order valence-electron chi connectivity index (χ2n) is 4.18. The van der Waals surface area contributed by atoms with Crippen LogP contribution in [0.15, 0.2) is 0 Å². The topological polar surface area (TPSA) is 58.6 Å². The average molecular weight is 244 g/mol. The molecule has 0 bridgehead atoms. The van der Waals surface area contributed by atoms with Gasteiger partial charge in [-0.25, -0.2) is 0 Å². The molecular formula is C12H24N2O3. The standard InChI is InChI=1S/C12H24N2O3/c1-5-7-17-9-12(16)14(6-2)8-11(15)13-10(3)4/h10H,5-9H2,1-4H3,(H,13,15). The van der Waals surface area contributed by atoms with E-state index < -0.39 is 0 Å². The number of hydrogen-bond acceptors (Lipinski definition) is 3. The van der Waals surface area contributed by atoms with Crippen molar-refractivity contribution in [2.24, 2.45) is 0 Å². The molecule has 5 nitrogen and oxygen atoms in total. The minimum atomic E-state index is -0.139. The highest BCUT2D eigenvalue weighted by Crippen LogP contribution is 1.92. The number of ether oxygens (including phenoxy) is 1. The summed E-state index contributed by atoms with van der Waals surface area (Å²) in [5, 5.41) is 2.76. The number of carbonyl (C=O) groups is 2. The van der Waals surface area contributed by atoms with E-state index in [4.69, 9.17) is 4.74 Å². The lowest BCUT2D eigenvalue weighted by molar-refractivity contribution is -0.139. The molecule has 1 N–H and O–H groups in total. The highest BCUT2D eigenvalue weighted by Gasteiger charge is 2.15. The molecule has 0 atom stereocenters. The molecule has 0 saturated carbocycles. The van der Waals surface area contributed by atoms with E-state index in [0.29, 0.717) is 13.2 Å². The summed E-state index contributed by atoms with van der Waals surface area (Å²) in [5.41, 5.74) is 0. The Balaban J connectivity index is 4.04. The van der Waals surface area contributed by atoms with Gasteiger partial charge in [0.2, 0.25) is 11.8 Å². The fourth-order valence-corrected chi connectivity index (χ4v) is 1.31. The second-order valence-corrected chi connectivity index (χ2v) is 4.18. The zero-order chi connectivity index (χ0) is 13.3. The number of rotatable bonds is 8. The van der Waals surface area contributed by atoms with Crippen LogP contribution in [-0.4, -0.2) is 49.1 Å². The fourth-order valence-electron chi connectivity index (χ4n) is 1.31. The van der Waals surface area contributed by atoms with Gasteiger partial charge in [0.1, 0.15) is 6.61 Å². The Kier molecular flexibility index (Phi) is 8.40. The molecule has 0 aliphatic rings. The first-order valence-electron chi connectivity index (χ1n) is 6.16. The Bertz CT molecular complexity index is 242. The molecule has 0 aliphatic heterocycles. The van der Waals surface area contributed by atoms with Crippen LogP contribution in [-0.2, 0) is 14.3 Å². The maximum atomic E-state index is 11.7. The van der Waals surface area contributed by atoms with E-state index in [9.17, 15) is 9.59 Å². The molecule has 0 aliphatic carbocycles. The molecule has 0 saturated heterocycles. The lowest BCUT2D eigenvalue weighted by atomic mass is 10.3. The number of carbonyl (C=O) groups excluding carboxylic acids is 2. The molecule has 100 valence electrons. The summed E-state index contributed by atoms with van der Waals surface area (Å²) < 4.78 is 5.17. The van der Waals surface area contributed by atoms with Gasteiger partial charge < -0.3 is 15.0 Å². The number of nitrogens with one attached hydrogen (secondary N) is 1. The Hall–Kier alpha value is -1.10. The van der Waals surface area contributed by atoms with E-state index >= 15 is 0 Å². The van der Waals surface area contributed by atoms with Gasteiger partial charge >= 0.3 is 0 Å². The highest BCUT2D eigenvalue weighted by atomic mass is 16.5. The van der Waals surface area contributed by atoms with Crippen LogP contribution in [0.5, 0.6) is 0 Å². The molecule has 17 heavy (non-hydrogen) atoms. The summed E-state index contributed by atoms with van der Waals surface area (Å²) in [6.45, 7) is 8.85. The molecule has 0 spiro atoms. The highest BCUT2D eigenvalue weighted by molar-refractivity contribution is 5.85. The van der Waals surface area contributed by atoms with Gasteiger partial charge in [-0.3, -0.25) is 9.59 Å². The second kappa shape index (κ2) is 8.98. The molecule has 0 aromatic rings. The van der Waals surface area contributed by atoms with Crippen LogP contribution < -0.4 is 5.32 Å². The molecule has 0 aromatic carbocycles. The first-order valence-corrected chi connectivity index (χ1v) is 6.16.